The summed E-state index contributed by atoms with van der Waals surface area (Å²) in [4.78, 5) is 14.7. The van der Waals surface area contributed by atoms with Gasteiger partial charge in [-0.1, -0.05) is 6.42 Å². The normalized spacial score (nSPS) is 18.1. The largest absolute Gasteiger partial charge is 0.476 e. The van der Waals surface area contributed by atoms with Crippen LogP contribution < -0.4 is 5.32 Å². The third kappa shape index (κ3) is 2.59. The molecule has 2 N–H and O–H groups in total. The summed E-state index contributed by atoms with van der Waals surface area (Å²) in [6.45, 7) is 2.86. The van der Waals surface area contributed by atoms with Crippen LogP contribution in [0.2, 0.25) is 0 Å². The van der Waals surface area contributed by atoms with Gasteiger partial charge in [-0.2, -0.15) is 0 Å². The Hall–Kier alpha value is -0.940. The number of aromatic nitrogens is 1. The van der Waals surface area contributed by atoms with Crippen molar-refractivity contribution in [3.63, 3.8) is 0 Å². The van der Waals surface area contributed by atoms with Crippen LogP contribution in [0.5, 0.6) is 0 Å². The van der Waals surface area contributed by atoms with Crippen molar-refractivity contribution in [3.8, 4) is 0 Å². The standard InChI is InChI=1S/C11H16N2O2S/c1-7(8-3-2-4-8)12-5-9-6-16-10(13-9)11(14)15/h6-8,12H,2-5H2,1H3,(H,14,15). The van der Waals surface area contributed by atoms with E-state index in [1.807, 2.05) is 5.38 Å². The van der Waals surface area contributed by atoms with Crippen molar-refractivity contribution in [1.29, 1.82) is 0 Å². The number of hydrogen-bond acceptors (Lipinski definition) is 4. The molecule has 1 aromatic rings. The molecule has 1 aliphatic rings. The Morgan fingerprint density at radius 3 is 3.00 bits per heavy atom. The first-order chi connectivity index (χ1) is 7.66. The zero-order valence-corrected chi connectivity index (χ0v) is 10.1. The van der Waals surface area contributed by atoms with E-state index in [0.717, 1.165) is 11.6 Å². The lowest BCUT2D eigenvalue weighted by Gasteiger charge is -2.31. The van der Waals surface area contributed by atoms with Crippen LogP contribution in [0.4, 0.5) is 0 Å². The van der Waals surface area contributed by atoms with E-state index in [0.29, 0.717) is 12.6 Å². The topological polar surface area (TPSA) is 62.2 Å². The molecule has 88 valence electrons. The van der Waals surface area contributed by atoms with Crippen molar-refractivity contribution in [3.05, 3.63) is 16.1 Å². The molecule has 1 unspecified atom stereocenters. The van der Waals surface area contributed by atoms with Gasteiger partial charge in [0.05, 0.1) is 5.69 Å². The lowest BCUT2D eigenvalue weighted by atomic mass is 9.80. The minimum absolute atomic E-state index is 0.174. The van der Waals surface area contributed by atoms with Gasteiger partial charge >= 0.3 is 5.97 Å². The van der Waals surface area contributed by atoms with Crippen LogP contribution in [0.1, 0.15) is 41.7 Å². The second-order valence-electron chi connectivity index (χ2n) is 4.31. The highest BCUT2D eigenvalue weighted by atomic mass is 32.1. The predicted octanol–water partition coefficient (Wildman–Crippen LogP) is 2.12. The Morgan fingerprint density at radius 2 is 2.50 bits per heavy atom. The van der Waals surface area contributed by atoms with Gasteiger partial charge in [0.15, 0.2) is 0 Å². The number of carbonyl (C=O) groups is 1. The lowest BCUT2D eigenvalue weighted by molar-refractivity contribution is 0.0696. The van der Waals surface area contributed by atoms with Crippen LogP contribution in [-0.4, -0.2) is 22.1 Å². The molecule has 4 nitrogen and oxygen atoms in total. The molecule has 1 heterocycles. The van der Waals surface area contributed by atoms with Crippen molar-refractivity contribution in [2.24, 2.45) is 5.92 Å². The molecule has 5 heteroatoms. The van der Waals surface area contributed by atoms with Gasteiger partial charge < -0.3 is 10.4 Å². The molecule has 1 aliphatic carbocycles. The van der Waals surface area contributed by atoms with E-state index in [1.54, 1.807) is 0 Å². The number of aromatic carboxylic acids is 1. The fourth-order valence-electron chi connectivity index (χ4n) is 1.86. The summed E-state index contributed by atoms with van der Waals surface area (Å²) in [5, 5.41) is 14.1. The maximum Gasteiger partial charge on any atom is 0.365 e. The van der Waals surface area contributed by atoms with Crippen molar-refractivity contribution in [1.82, 2.24) is 10.3 Å². The van der Waals surface area contributed by atoms with Crippen LogP contribution in [0.3, 0.4) is 0 Å². The molecule has 0 amide bonds. The summed E-state index contributed by atoms with van der Waals surface area (Å²) in [5.41, 5.74) is 0.827. The Labute approximate surface area is 98.7 Å². The molecule has 0 spiro atoms. The molecular formula is C11H16N2O2S. The van der Waals surface area contributed by atoms with E-state index in [1.165, 1.54) is 30.6 Å². The van der Waals surface area contributed by atoms with Gasteiger partial charge in [0, 0.05) is 18.0 Å². The second kappa shape index (κ2) is 4.93. The number of carboxylic acids is 1. The smallest absolute Gasteiger partial charge is 0.365 e. The minimum atomic E-state index is -0.941. The highest BCUT2D eigenvalue weighted by Crippen LogP contribution is 2.29. The molecule has 0 radical (unpaired) electrons. The van der Waals surface area contributed by atoms with Crippen LogP contribution in [0.25, 0.3) is 0 Å². The molecule has 1 aromatic heterocycles. The number of nitrogens with one attached hydrogen (secondary N) is 1. The monoisotopic (exact) mass is 240 g/mol. The highest BCUT2D eigenvalue weighted by Gasteiger charge is 2.23. The molecule has 0 saturated heterocycles. The van der Waals surface area contributed by atoms with Gasteiger partial charge in [-0.15, -0.1) is 11.3 Å². The summed E-state index contributed by atoms with van der Waals surface area (Å²) in [7, 11) is 0. The number of nitrogens with zero attached hydrogens (tertiary/aromatic N) is 1. The van der Waals surface area contributed by atoms with E-state index in [-0.39, 0.29) is 5.01 Å². The first kappa shape index (κ1) is 11.5. The molecule has 1 fully saturated rings. The Morgan fingerprint density at radius 1 is 1.75 bits per heavy atom. The average Bonchev–Trinajstić information content (AvgIpc) is 2.60. The first-order valence-corrected chi connectivity index (χ1v) is 6.46. The third-order valence-electron chi connectivity index (χ3n) is 3.20. The van der Waals surface area contributed by atoms with Crippen molar-refractivity contribution >= 4 is 17.3 Å². The van der Waals surface area contributed by atoms with Crippen LogP contribution in [0.15, 0.2) is 5.38 Å². The van der Waals surface area contributed by atoms with Gasteiger partial charge in [-0.3, -0.25) is 0 Å². The summed E-state index contributed by atoms with van der Waals surface area (Å²) in [6.07, 6.45) is 3.97. The Balaban J connectivity index is 1.81. The maximum atomic E-state index is 10.6. The quantitative estimate of drug-likeness (QED) is 0.827. The van der Waals surface area contributed by atoms with E-state index >= 15 is 0 Å². The van der Waals surface area contributed by atoms with E-state index in [2.05, 4.69) is 17.2 Å². The van der Waals surface area contributed by atoms with Crippen molar-refractivity contribution < 1.29 is 9.90 Å². The molecule has 2 rings (SSSR count). The number of carboxylic acid groups (broad SMARTS) is 1. The molecule has 1 saturated carbocycles. The predicted molar refractivity (Wildman–Crippen MR) is 62.7 cm³/mol. The third-order valence-corrected chi connectivity index (χ3v) is 4.08. The molecule has 0 aromatic carbocycles. The molecule has 1 atom stereocenters. The summed E-state index contributed by atoms with van der Waals surface area (Å²) < 4.78 is 0. The number of hydrogen-bond donors (Lipinski definition) is 2. The van der Waals surface area contributed by atoms with E-state index in [9.17, 15) is 4.79 Å². The summed E-state index contributed by atoms with van der Waals surface area (Å²) in [5.74, 6) is -0.152. The van der Waals surface area contributed by atoms with Crippen LogP contribution >= 0.6 is 11.3 Å². The van der Waals surface area contributed by atoms with Gasteiger partial charge in [0.2, 0.25) is 5.01 Å². The minimum Gasteiger partial charge on any atom is -0.476 e. The number of rotatable bonds is 5. The SMILES string of the molecule is CC(NCc1csc(C(=O)O)n1)C1CCC1. The van der Waals surface area contributed by atoms with Gasteiger partial charge in [0.1, 0.15) is 0 Å². The average molecular weight is 240 g/mol. The van der Waals surface area contributed by atoms with E-state index < -0.39 is 5.97 Å². The van der Waals surface area contributed by atoms with Crippen LogP contribution in [-0.2, 0) is 6.54 Å². The summed E-state index contributed by atoms with van der Waals surface area (Å²) >= 11 is 1.19. The van der Waals surface area contributed by atoms with Gasteiger partial charge in [-0.05, 0) is 25.7 Å². The highest BCUT2D eigenvalue weighted by molar-refractivity contribution is 7.11. The van der Waals surface area contributed by atoms with Crippen LogP contribution in [0, 0.1) is 5.92 Å². The Bertz CT molecular complexity index is 374. The maximum absolute atomic E-state index is 10.6. The van der Waals surface area contributed by atoms with Gasteiger partial charge in [-0.25, -0.2) is 9.78 Å². The zero-order valence-electron chi connectivity index (χ0n) is 9.27. The molecule has 0 bridgehead atoms. The van der Waals surface area contributed by atoms with Gasteiger partial charge in [0.25, 0.3) is 0 Å². The Kier molecular flexibility index (Phi) is 3.56. The zero-order chi connectivity index (χ0) is 11.5. The lowest BCUT2D eigenvalue weighted by Crippen LogP contribution is -2.36. The number of thiazole rings is 1. The first-order valence-electron chi connectivity index (χ1n) is 5.58. The summed E-state index contributed by atoms with van der Waals surface area (Å²) in [6, 6.07) is 0.503. The van der Waals surface area contributed by atoms with Crippen molar-refractivity contribution in [2.45, 2.75) is 38.8 Å². The molecule has 0 aliphatic heterocycles. The van der Waals surface area contributed by atoms with Crippen molar-refractivity contribution in [2.75, 3.05) is 0 Å². The van der Waals surface area contributed by atoms with E-state index in [4.69, 9.17) is 5.11 Å². The fraction of sp³-hybridized carbons (Fsp3) is 0.636. The molecular weight excluding hydrogens is 224 g/mol. The second-order valence-corrected chi connectivity index (χ2v) is 5.17. The molecule has 16 heavy (non-hydrogen) atoms. The fourth-order valence-corrected chi connectivity index (χ4v) is 2.51.